The van der Waals surface area contributed by atoms with Gasteiger partial charge in [-0.15, -0.1) is 0 Å². The molecule has 1 unspecified atom stereocenters. The minimum absolute atomic E-state index is 0.0585. The summed E-state index contributed by atoms with van der Waals surface area (Å²) in [5.41, 5.74) is 0.932. The Morgan fingerprint density at radius 2 is 1.89 bits per heavy atom. The number of rotatable bonds is 3. The third kappa shape index (κ3) is 4.18. The molecule has 0 aliphatic carbocycles. The topological polar surface area (TPSA) is 45.1 Å². The van der Waals surface area contributed by atoms with E-state index < -0.39 is 18.8 Å². The molecule has 1 heterocycles. The average molecular weight is 262 g/mol. The van der Waals surface area contributed by atoms with Crippen LogP contribution < -0.4 is 5.32 Å². The second kappa shape index (κ2) is 5.14. The molecule has 2 N–H and O–H groups in total. The van der Waals surface area contributed by atoms with Crippen molar-refractivity contribution in [3.05, 3.63) is 23.9 Å². The van der Waals surface area contributed by atoms with Crippen LogP contribution in [-0.2, 0) is 5.41 Å². The average Bonchev–Trinajstić information content (AvgIpc) is 2.24. The molecule has 18 heavy (non-hydrogen) atoms. The summed E-state index contributed by atoms with van der Waals surface area (Å²) >= 11 is 0. The van der Waals surface area contributed by atoms with Gasteiger partial charge in [-0.05, 0) is 17.0 Å². The van der Waals surface area contributed by atoms with Crippen molar-refractivity contribution in [2.24, 2.45) is 0 Å². The van der Waals surface area contributed by atoms with E-state index in [4.69, 9.17) is 5.11 Å². The summed E-state index contributed by atoms with van der Waals surface area (Å²) in [6, 6.07) is 3.40. The van der Waals surface area contributed by atoms with Crippen LogP contribution >= 0.6 is 0 Å². The molecule has 1 aromatic rings. The molecular formula is C12H17F3N2O. The maximum Gasteiger partial charge on any atom is 0.416 e. The fraction of sp³-hybridized carbons (Fsp3) is 0.583. The lowest BCUT2D eigenvalue weighted by molar-refractivity contribution is -0.198. The third-order valence-electron chi connectivity index (χ3n) is 2.48. The maximum atomic E-state index is 12.1. The molecule has 0 bridgehead atoms. The summed E-state index contributed by atoms with van der Waals surface area (Å²) in [5.74, 6) is 0.311. The van der Waals surface area contributed by atoms with E-state index in [1.54, 1.807) is 18.3 Å². The molecule has 0 saturated heterocycles. The van der Waals surface area contributed by atoms with E-state index >= 15 is 0 Å². The quantitative estimate of drug-likeness (QED) is 0.880. The second-order valence-electron chi connectivity index (χ2n) is 5.12. The zero-order valence-electron chi connectivity index (χ0n) is 10.5. The molecule has 1 atom stereocenters. The predicted molar refractivity (Wildman–Crippen MR) is 63.5 cm³/mol. The number of nitrogens with zero attached hydrogens (tertiary/aromatic N) is 1. The van der Waals surface area contributed by atoms with Gasteiger partial charge in [0.15, 0.2) is 6.10 Å². The standard InChI is InChI=1S/C12H17F3N2O/c1-11(2,3)8-4-5-10(16-6-8)17-7-9(18)12(13,14)15/h4-6,9,18H,7H2,1-3H3,(H,16,17). The van der Waals surface area contributed by atoms with Crippen LogP contribution in [0.5, 0.6) is 0 Å². The number of aromatic nitrogens is 1. The van der Waals surface area contributed by atoms with Crippen LogP contribution in [0.2, 0.25) is 0 Å². The molecular weight excluding hydrogens is 245 g/mol. The van der Waals surface area contributed by atoms with Crippen molar-refractivity contribution in [3.8, 4) is 0 Å². The van der Waals surface area contributed by atoms with E-state index in [9.17, 15) is 13.2 Å². The van der Waals surface area contributed by atoms with Gasteiger partial charge in [0, 0.05) is 6.20 Å². The lowest BCUT2D eigenvalue weighted by atomic mass is 9.88. The van der Waals surface area contributed by atoms with E-state index in [2.05, 4.69) is 10.3 Å². The maximum absolute atomic E-state index is 12.1. The van der Waals surface area contributed by atoms with Crippen molar-refractivity contribution >= 4 is 5.82 Å². The van der Waals surface area contributed by atoms with Gasteiger partial charge in [-0.2, -0.15) is 13.2 Å². The van der Waals surface area contributed by atoms with Crippen LogP contribution in [0.4, 0.5) is 19.0 Å². The molecule has 0 spiro atoms. The van der Waals surface area contributed by atoms with E-state index in [0.29, 0.717) is 5.82 Å². The summed E-state index contributed by atoms with van der Waals surface area (Å²) in [7, 11) is 0. The van der Waals surface area contributed by atoms with Crippen molar-refractivity contribution in [2.45, 2.75) is 38.5 Å². The van der Waals surface area contributed by atoms with Crippen molar-refractivity contribution in [3.63, 3.8) is 0 Å². The first-order valence-electron chi connectivity index (χ1n) is 5.56. The van der Waals surface area contributed by atoms with E-state index in [0.717, 1.165) is 5.56 Å². The first-order chi connectivity index (χ1) is 8.10. The van der Waals surface area contributed by atoms with Gasteiger partial charge >= 0.3 is 6.18 Å². The Kier molecular flexibility index (Phi) is 4.21. The minimum atomic E-state index is -4.61. The lowest BCUT2D eigenvalue weighted by Crippen LogP contribution is -2.35. The zero-order valence-corrected chi connectivity index (χ0v) is 10.5. The van der Waals surface area contributed by atoms with E-state index in [1.165, 1.54) is 0 Å². The Balaban J connectivity index is 2.60. The molecule has 0 aliphatic rings. The summed E-state index contributed by atoms with van der Waals surface area (Å²) < 4.78 is 36.2. The molecule has 0 aromatic carbocycles. The number of alkyl halides is 3. The molecule has 1 aromatic heterocycles. The first kappa shape index (κ1) is 14.8. The van der Waals surface area contributed by atoms with Gasteiger partial charge in [0.05, 0.1) is 6.54 Å². The number of hydrogen-bond acceptors (Lipinski definition) is 3. The highest BCUT2D eigenvalue weighted by Crippen LogP contribution is 2.23. The highest BCUT2D eigenvalue weighted by atomic mass is 19.4. The van der Waals surface area contributed by atoms with Crippen molar-refractivity contribution in [1.29, 1.82) is 0 Å². The minimum Gasteiger partial charge on any atom is -0.382 e. The number of nitrogens with one attached hydrogen (secondary N) is 1. The van der Waals surface area contributed by atoms with Crippen LogP contribution in [0.15, 0.2) is 18.3 Å². The molecule has 0 amide bonds. The fourth-order valence-corrected chi connectivity index (χ4v) is 1.26. The Bertz CT molecular complexity index is 382. The SMILES string of the molecule is CC(C)(C)c1ccc(NCC(O)C(F)(F)F)nc1. The highest BCUT2D eigenvalue weighted by Gasteiger charge is 2.37. The summed E-state index contributed by atoms with van der Waals surface area (Å²) in [6.45, 7) is 5.45. The van der Waals surface area contributed by atoms with Crippen LogP contribution in [0.25, 0.3) is 0 Å². The molecule has 0 saturated carbocycles. The molecule has 6 heteroatoms. The van der Waals surface area contributed by atoms with E-state index in [1.807, 2.05) is 20.8 Å². The largest absolute Gasteiger partial charge is 0.416 e. The molecule has 3 nitrogen and oxygen atoms in total. The number of hydrogen-bond donors (Lipinski definition) is 2. The van der Waals surface area contributed by atoms with Gasteiger partial charge in [0.2, 0.25) is 0 Å². The number of pyridine rings is 1. The Morgan fingerprint density at radius 3 is 2.28 bits per heavy atom. The highest BCUT2D eigenvalue weighted by molar-refractivity contribution is 5.37. The predicted octanol–water partition coefficient (Wildman–Crippen LogP) is 2.71. The molecule has 0 fully saturated rings. The molecule has 0 radical (unpaired) electrons. The van der Waals surface area contributed by atoms with Crippen LogP contribution in [-0.4, -0.2) is 28.9 Å². The normalized spacial score (nSPS) is 14.4. The molecule has 102 valence electrons. The van der Waals surface area contributed by atoms with Crippen molar-refractivity contribution in [2.75, 3.05) is 11.9 Å². The molecule has 1 rings (SSSR count). The number of aliphatic hydroxyl groups is 1. The van der Waals surface area contributed by atoms with Gasteiger partial charge in [-0.3, -0.25) is 0 Å². The monoisotopic (exact) mass is 262 g/mol. The summed E-state index contributed by atoms with van der Waals surface area (Å²) in [6.07, 6.45) is -5.39. The Labute approximate surface area is 104 Å². The smallest absolute Gasteiger partial charge is 0.382 e. The number of halogens is 3. The van der Waals surface area contributed by atoms with Gasteiger partial charge in [-0.25, -0.2) is 4.98 Å². The summed E-state index contributed by atoms with van der Waals surface area (Å²) in [5, 5.41) is 11.3. The number of anilines is 1. The third-order valence-corrected chi connectivity index (χ3v) is 2.48. The van der Waals surface area contributed by atoms with Gasteiger partial charge < -0.3 is 10.4 Å². The fourth-order valence-electron chi connectivity index (χ4n) is 1.26. The van der Waals surface area contributed by atoms with Gasteiger partial charge in [0.25, 0.3) is 0 Å². The van der Waals surface area contributed by atoms with Crippen LogP contribution in [0.3, 0.4) is 0 Å². The summed E-state index contributed by atoms with van der Waals surface area (Å²) in [4.78, 5) is 4.01. The first-order valence-corrected chi connectivity index (χ1v) is 5.56. The number of aliphatic hydroxyl groups excluding tert-OH is 1. The Hall–Kier alpha value is -1.30. The zero-order chi connectivity index (χ0) is 14.0. The second-order valence-corrected chi connectivity index (χ2v) is 5.12. The van der Waals surface area contributed by atoms with Gasteiger partial charge in [0.1, 0.15) is 5.82 Å². The van der Waals surface area contributed by atoms with Crippen molar-refractivity contribution < 1.29 is 18.3 Å². The van der Waals surface area contributed by atoms with Crippen LogP contribution in [0, 0.1) is 0 Å². The lowest BCUT2D eigenvalue weighted by Gasteiger charge is -2.19. The van der Waals surface area contributed by atoms with Gasteiger partial charge in [-0.1, -0.05) is 26.8 Å². The van der Waals surface area contributed by atoms with Crippen LogP contribution in [0.1, 0.15) is 26.3 Å². The molecule has 0 aliphatic heterocycles. The van der Waals surface area contributed by atoms with E-state index in [-0.39, 0.29) is 5.41 Å². The van der Waals surface area contributed by atoms with Crippen molar-refractivity contribution in [1.82, 2.24) is 4.98 Å². The Morgan fingerprint density at radius 1 is 1.28 bits per heavy atom.